The molecule has 0 bridgehead atoms. The van der Waals surface area contributed by atoms with Crippen molar-refractivity contribution in [3.05, 3.63) is 0 Å². The van der Waals surface area contributed by atoms with Crippen LogP contribution in [0.5, 0.6) is 0 Å². The Hall–Kier alpha value is -1.10. The number of amides is 1. The third kappa shape index (κ3) is 3.70. The molecule has 0 spiro atoms. The lowest BCUT2D eigenvalue weighted by molar-refractivity contribution is -0.158. The molecule has 5 heteroatoms. The third-order valence-electron chi connectivity index (χ3n) is 3.35. The fourth-order valence-electron chi connectivity index (χ4n) is 2.05. The molecule has 1 N–H and O–H groups in total. The number of carboxylic acids is 1. The van der Waals surface area contributed by atoms with E-state index in [1.165, 1.54) is 4.90 Å². The molecule has 0 aromatic rings. The van der Waals surface area contributed by atoms with E-state index in [2.05, 4.69) is 13.8 Å². The van der Waals surface area contributed by atoms with Crippen LogP contribution < -0.4 is 0 Å². The van der Waals surface area contributed by atoms with E-state index >= 15 is 0 Å². The van der Waals surface area contributed by atoms with Crippen LogP contribution >= 0.6 is 0 Å². The normalized spacial score (nSPS) is 20.6. The first-order valence-corrected chi connectivity index (χ1v) is 6.20. The highest BCUT2D eigenvalue weighted by atomic mass is 16.5. The van der Waals surface area contributed by atoms with Crippen molar-refractivity contribution in [2.45, 2.75) is 39.2 Å². The lowest BCUT2D eigenvalue weighted by Crippen LogP contribution is -2.52. The van der Waals surface area contributed by atoms with Crippen LogP contribution in [0.4, 0.5) is 0 Å². The van der Waals surface area contributed by atoms with Crippen molar-refractivity contribution in [2.24, 2.45) is 5.92 Å². The molecule has 1 saturated heterocycles. The van der Waals surface area contributed by atoms with Gasteiger partial charge in [-0.3, -0.25) is 4.79 Å². The van der Waals surface area contributed by atoms with Crippen LogP contribution in [0.1, 0.15) is 33.1 Å². The molecule has 1 aliphatic rings. The van der Waals surface area contributed by atoms with Gasteiger partial charge in [-0.2, -0.15) is 0 Å². The number of nitrogens with zero attached hydrogens (tertiary/aromatic N) is 1. The monoisotopic (exact) mass is 243 g/mol. The van der Waals surface area contributed by atoms with Gasteiger partial charge in [0.25, 0.3) is 0 Å². The maximum absolute atomic E-state index is 12.0. The summed E-state index contributed by atoms with van der Waals surface area (Å²) in [6, 6.07) is -0.814. The van der Waals surface area contributed by atoms with E-state index in [1.807, 2.05) is 0 Å². The quantitative estimate of drug-likeness (QED) is 0.786. The minimum Gasteiger partial charge on any atom is -0.480 e. The zero-order valence-electron chi connectivity index (χ0n) is 10.5. The fraction of sp³-hybridized carbons (Fsp3) is 0.833. The Morgan fingerprint density at radius 2 is 2.06 bits per heavy atom. The summed E-state index contributed by atoms with van der Waals surface area (Å²) in [7, 11) is 0. The average molecular weight is 243 g/mol. The van der Waals surface area contributed by atoms with Crippen LogP contribution in [-0.4, -0.2) is 47.7 Å². The second-order valence-corrected chi connectivity index (χ2v) is 4.40. The van der Waals surface area contributed by atoms with Crippen LogP contribution in [0.2, 0.25) is 0 Å². The summed E-state index contributed by atoms with van der Waals surface area (Å²) in [4.78, 5) is 24.5. The van der Waals surface area contributed by atoms with E-state index in [9.17, 15) is 9.59 Å². The topological polar surface area (TPSA) is 66.8 Å². The first-order valence-electron chi connectivity index (χ1n) is 6.20. The lowest BCUT2D eigenvalue weighted by Gasteiger charge is -2.33. The van der Waals surface area contributed by atoms with Crippen molar-refractivity contribution in [1.29, 1.82) is 0 Å². The lowest BCUT2D eigenvalue weighted by atomic mass is 9.98. The minimum atomic E-state index is -0.984. The van der Waals surface area contributed by atoms with Gasteiger partial charge in [-0.1, -0.05) is 26.7 Å². The first-order chi connectivity index (χ1) is 8.10. The summed E-state index contributed by atoms with van der Waals surface area (Å²) in [5.41, 5.74) is 0. The van der Waals surface area contributed by atoms with E-state index in [1.54, 1.807) is 0 Å². The number of hydrogen-bond acceptors (Lipinski definition) is 3. The van der Waals surface area contributed by atoms with Gasteiger partial charge < -0.3 is 14.7 Å². The number of morpholine rings is 1. The minimum absolute atomic E-state index is 0.0607. The van der Waals surface area contributed by atoms with Gasteiger partial charge in [-0.25, -0.2) is 4.79 Å². The Bertz CT molecular complexity index is 276. The van der Waals surface area contributed by atoms with E-state index in [-0.39, 0.29) is 12.5 Å². The molecule has 0 aromatic carbocycles. The zero-order valence-corrected chi connectivity index (χ0v) is 10.5. The highest BCUT2D eigenvalue weighted by Crippen LogP contribution is 2.17. The fourth-order valence-corrected chi connectivity index (χ4v) is 2.05. The second kappa shape index (κ2) is 6.59. The first kappa shape index (κ1) is 14.0. The molecule has 17 heavy (non-hydrogen) atoms. The van der Waals surface area contributed by atoms with Crippen molar-refractivity contribution in [2.75, 3.05) is 19.8 Å². The molecular formula is C12H21NO4. The van der Waals surface area contributed by atoms with Gasteiger partial charge in [0.2, 0.25) is 5.91 Å². The van der Waals surface area contributed by atoms with Crippen LogP contribution in [0.15, 0.2) is 0 Å². The smallest absolute Gasteiger partial charge is 0.328 e. The molecule has 1 atom stereocenters. The van der Waals surface area contributed by atoms with Crippen LogP contribution in [0.25, 0.3) is 0 Å². The van der Waals surface area contributed by atoms with Crippen molar-refractivity contribution >= 4 is 11.9 Å². The van der Waals surface area contributed by atoms with E-state index in [0.717, 1.165) is 12.8 Å². The Balaban J connectivity index is 2.61. The summed E-state index contributed by atoms with van der Waals surface area (Å²) in [5.74, 6) is -0.697. The number of carbonyl (C=O) groups excluding carboxylic acids is 1. The SMILES string of the molecule is CCC(CC)CC(=O)N1CCOCC1C(=O)O. The van der Waals surface area contributed by atoms with E-state index in [4.69, 9.17) is 9.84 Å². The highest BCUT2D eigenvalue weighted by Gasteiger charge is 2.32. The molecule has 5 nitrogen and oxygen atoms in total. The molecule has 0 aromatic heterocycles. The molecule has 1 rings (SSSR count). The largest absolute Gasteiger partial charge is 0.480 e. The zero-order chi connectivity index (χ0) is 12.8. The van der Waals surface area contributed by atoms with Crippen LogP contribution in [0, 0.1) is 5.92 Å². The molecule has 0 radical (unpaired) electrons. The standard InChI is InChI=1S/C12H21NO4/c1-3-9(4-2)7-11(14)13-5-6-17-8-10(13)12(15)16/h9-10H,3-8H2,1-2H3,(H,15,16). The molecule has 1 amide bonds. The predicted molar refractivity (Wildman–Crippen MR) is 62.6 cm³/mol. The molecular weight excluding hydrogens is 222 g/mol. The van der Waals surface area contributed by atoms with Crippen molar-refractivity contribution < 1.29 is 19.4 Å². The maximum Gasteiger partial charge on any atom is 0.328 e. The van der Waals surface area contributed by atoms with Gasteiger partial charge in [0, 0.05) is 13.0 Å². The highest BCUT2D eigenvalue weighted by molar-refractivity contribution is 5.84. The summed E-state index contributed by atoms with van der Waals surface area (Å²) < 4.78 is 5.11. The molecule has 1 unspecified atom stereocenters. The number of carbonyl (C=O) groups is 2. The number of ether oxygens (including phenoxy) is 1. The Labute approximate surface area is 102 Å². The van der Waals surface area contributed by atoms with Gasteiger partial charge >= 0.3 is 5.97 Å². The summed E-state index contributed by atoms with van der Waals surface area (Å²) in [6.45, 7) is 5.02. The molecule has 0 aliphatic carbocycles. The maximum atomic E-state index is 12.0. The predicted octanol–water partition coefficient (Wildman–Crippen LogP) is 1.12. The van der Waals surface area contributed by atoms with Crippen LogP contribution in [-0.2, 0) is 14.3 Å². The van der Waals surface area contributed by atoms with Crippen LogP contribution in [0.3, 0.4) is 0 Å². The average Bonchev–Trinajstić information content (AvgIpc) is 2.35. The van der Waals surface area contributed by atoms with Gasteiger partial charge in [-0.05, 0) is 5.92 Å². The third-order valence-corrected chi connectivity index (χ3v) is 3.35. The van der Waals surface area contributed by atoms with Gasteiger partial charge in [0.1, 0.15) is 0 Å². The number of aliphatic carboxylic acids is 1. The van der Waals surface area contributed by atoms with Crippen molar-refractivity contribution in [3.63, 3.8) is 0 Å². The summed E-state index contributed by atoms with van der Waals surface area (Å²) in [5, 5.41) is 9.03. The number of rotatable bonds is 5. The van der Waals surface area contributed by atoms with Gasteiger partial charge in [-0.15, -0.1) is 0 Å². The molecule has 1 fully saturated rings. The molecule has 0 saturated carbocycles. The van der Waals surface area contributed by atoms with E-state index < -0.39 is 12.0 Å². The Kier molecular flexibility index (Phi) is 5.41. The van der Waals surface area contributed by atoms with Gasteiger partial charge in [0.15, 0.2) is 6.04 Å². The Morgan fingerprint density at radius 1 is 1.41 bits per heavy atom. The molecule has 98 valence electrons. The second-order valence-electron chi connectivity index (χ2n) is 4.40. The Morgan fingerprint density at radius 3 is 2.59 bits per heavy atom. The molecule has 1 aliphatic heterocycles. The van der Waals surface area contributed by atoms with Crippen molar-refractivity contribution in [1.82, 2.24) is 4.90 Å². The summed E-state index contributed by atoms with van der Waals surface area (Å²) >= 11 is 0. The number of carboxylic acid groups (broad SMARTS) is 1. The van der Waals surface area contributed by atoms with Crippen molar-refractivity contribution in [3.8, 4) is 0 Å². The summed E-state index contributed by atoms with van der Waals surface area (Å²) in [6.07, 6.45) is 2.34. The van der Waals surface area contributed by atoms with Gasteiger partial charge in [0.05, 0.1) is 13.2 Å². The number of hydrogen-bond donors (Lipinski definition) is 1. The van der Waals surface area contributed by atoms with E-state index in [0.29, 0.717) is 25.5 Å². The molecule has 1 heterocycles.